The van der Waals surface area contributed by atoms with Gasteiger partial charge in [0.25, 0.3) is 5.91 Å². The number of hydrogen-bond acceptors (Lipinski definition) is 6. The lowest BCUT2D eigenvalue weighted by molar-refractivity contribution is 0.101. The van der Waals surface area contributed by atoms with E-state index in [1.807, 2.05) is 4.72 Å². The van der Waals surface area contributed by atoms with Crippen molar-refractivity contribution < 1.29 is 22.0 Å². The van der Waals surface area contributed by atoms with Crippen LogP contribution in [-0.4, -0.2) is 41.7 Å². The topological polar surface area (TPSA) is 117 Å². The number of aromatic nitrogens is 3. The van der Waals surface area contributed by atoms with Crippen molar-refractivity contribution in [2.45, 2.75) is 13.3 Å². The summed E-state index contributed by atoms with van der Waals surface area (Å²) in [5.41, 5.74) is -0.788. The molecule has 12 heteroatoms. The summed E-state index contributed by atoms with van der Waals surface area (Å²) in [5, 5.41) is 9.32. The van der Waals surface area contributed by atoms with Gasteiger partial charge < -0.3 is 10.6 Å². The van der Waals surface area contributed by atoms with Crippen LogP contribution in [0.25, 0.3) is 5.65 Å². The molecule has 0 spiro atoms. The van der Waals surface area contributed by atoms with Gasteiger partial charge in [0.15, 0.2) is 11.5 Å². The van der Waals surface area contributed by atoms with Crippen molar-refractivity contribution >= 4 is 38.8 Å². The van der Waals surface area contributed by atoms with Crippen molar-refractivity contribution in [3.05, 3.63) is 47.8 Å². The molecule has 1 aromatic carbocycles. The molecule has 29 heavy (non-hydrogen) atoms. The number of carbonyl (C=O) groups is 1. The molecule has 3 rings (SSSR count). The fourth-order valence-electron chi connectivity index (χ4n) is 2.58. The van der Waals surface area contributed by atoms with Gasteiger partial charge >= 0.3 is 0 Å². The predicted octanol–water partition coefficient (Wildman–Crippen LogP) is 2.45. The molecule has 0 saturated heterocycles. The molecule has 0 unspecified atom stereocenters. The third-order valence-electron chi connectivity index (χ3n) is 3.88. The normalized spacial score (nSPS) is 11.4. The molecule has 3 aromatic rings. The second-order valence-corrected chi connectivity index (χ2v) is 7.93. The molecule has 0 bridgehead atoms. The minimum Gasteiger partial charge on any atom is -0.372 e. The SMILES string of the molecule is CCCS(=O)(=O)Nc1ccc(F)c(C(=O)Nc2cnc3cc(NC)nn3c2)c1F. The Morgan fingerprint density at radius 1 is 1.28 bits per heavy atom. The second kappa shape index (κ2) is 7.99. The molecular formula is C17H18F2N6O3S. The van der Waals surface area contributed by atoms with Gasteiger partial charge in [-0.3, -0.25) is 9.52 Å². The zero-order chi connectivity index (χ0) is 21.2. The fourth-order valence-corrected chi connectivity index (χ4v) is 3.72. The number of rotatable bonds is 7. The Hall–Kier alpha value is -3.28. The number of amides is 1. The van der Waals surface area contributed by atoms with Crippen LogP contribution in [0.4, 0.5) is 26.0 Å². The molecular weight excluding hydrogens is 406 g/mol. The number of sulfonamides is 1. The Morgan fingerprint density at radius 2 is 2.03 bits per heavy atom. The lowest BCUT2D eigenvalue weighted by Crippen LogP contribution is -2.20. The summed E-state index contributed by atoms with van der Waals surface area (Å²) in [6, 6.07) is 3.40. The van der Waals surface area contributed by atoms with E-state index in [1.165, 1.54) is 16.9 Å². The van der Waals surface area contributed by atoms with Gasteiger partial charge in [-0.1, -0.05) is 6.92 Å². The number of nitrogens with zero attached hydrogens (tertiary/aromatic N) is 3. The maximum Gasteiger partial charge on any atom is 0.261 e. The van der Waals surface area contributed by atoms with Gasteiger partial charge in [-0.2, -0.15) is 0 Å². The molecule has 0 saturated carbocycles. The van der Waals surface area contributed by atoms with Crippen LogP contribution in [0.5, 0.6) is 0 Å². The third-order valence-corrected chi connectivity index (χ3v) is 5.36. The first-order valence-electron chi connectivity index (χ1n) is 8.57. The van der Waals surface area contributed by atoms with Gasteiger partial charge in [0.1, 0.15) is 17.2 Å². The minimum atomic E-state index is -3.82. The van der Waals surface area contributed by atoms with E-state index in [4.69, 9.17) is 0 Å². The smallest absolute Gasteiger partial charge is 0.261 e. The fraction of sp³-hybridized carbons (Fsp3) is 0.235. The van der Waals surface area contributed by atoms with Gasteiger partial charge in [-0.25, -0.2) is 26.7 Å². The van der Waals surface area contributed by atoms with Crippen LogP contribution in [0.2, 0.25) is 0 Å². The lowest BCUT2D eigenvalue weighted by Gasteiger charge is -2.12. The van der Waals surface area contributed by atoms with Gasteiger partial charge in [-0.05, 0) is 18.6 Å². The molecule has 0 radical (unpaired) electrons. The molecule has 2 heterocycles. The Morgan fingerprint density at radius 3 is 2.72 bits per heavy atom. The van der Waals surface area contributed by atoms with Gasteiger partial charge in [0, 0.05) is 13.1 Å². The summed E-state index contributed by atoms with van der Waals surface area (Å²) in [7, 11) is -2.14. The van der Waals surface area contributed by atoms with E-state index < -0.39 is 38.8 Å². The molecule has 0 atom stereocenters. The molecule has 0 fully saturated rings. The summed E-state index contributed by atoms with van der Waals surface area (Å²) in [6.45, 7) is 1.64. The molecule has 0 aliphatic heterocycles. The van der Waals surface area contributed by atoms with Crippen LogP contribution < -0.4 is 15.4 Å². The summed E-state index contributed by atoms with van der Waals surface area (Å²) in [5.74, 6) is -3.24. The highest BCUT2D eigenvalue weighted by Gasteiger charge is 2.23. The Bertz CT molecular complexity index is 1180. The van der Waals surface area contributed by atoms with Crippen LogP contribution in [0.1, 0.15) is 23.7 Å². The van der Waals surface area contributed by atoms with Crippen LogP contribution in [0.3, 0.4) is 0 Å². The number of hydrogen-bond donors (Lipinski definition) is 3. The van der Waals surface area contributed by atoms with Crippen LogP contribution in [0.15, 0.2) is 30.6 Å². The first kappa shape index (κ1) is 20.5. The van der Waals surface area contributed by atoms with E-state index in [-0.39, 0.29) is 11.4 Å². The van der Waals surface area contributed by atoms with Crippen LogP contribution in [-0.2, 0) is 10.0 Å². The molecule has 154 valence electrons. The highest BCUT2D eigenvalue weighted by molar-refractivity contribution is 7.92. The third kappa shape index (κ3) is 4.42. The largest absolute Gasteiger partial charge is 0.372 e. The molecule has 0 aliphatic carbocycles. The van der Waals surface area contributed by atoms with Crippen molar-refractivity contribution in [3.8, 4) is 0 Å². The van der Waals surface area contributed by atoms with Crippen molar-refractivity contribution in [1.29, 1.82) is 0 Å². The zero-order valence-electron chi connectivity index (χ0n) is 15.5. The Balaban J connectivity index is 1.89. The van der Waals surface area contributed by atoms with Gasteiger partial charge in [0.2, 0.25) is 10.0 Å². The van der Waals surface area contributed by atoms with E-state index in [0.717, 1.165) is 12.1 Å². The number of benzene rings is 1. The van der Waals surface area contributed by atoms with Crippen LogP contribution >= 0.6 is 0 Å². The second-order valence-electron chi connectivity index (χ2n) is 6.08. The predicted molar refractivity (Wildman–Crippen MR) is 105 cm³/mol. The summed E-state index contributed by atoms with van der Waals surface area (Å²) >= 11 is 0. The maximum atomic E-state index is 14.7. The number of fused-ring (bicyclic) bond motifs is 1. The lowest BCUT2D eigenvalue weighted by atomic mass is 10.1. The number of halogens is 2. The summed E-state index contributed by atoms with van der Waals surface area (Å²) < 4.78 is 56.0. The van der Waals surface area contributed by atoms with Gasteiger partial charge in [-0.15, -0.1) is 5.10 Å². The molecule has 3 N–H and O–H groups in total. The van der Waals surface area contributed by atoms with Crippen molar-refractivity contribution in [3.63, 3.8) is 0 Å². The first-order valence-corrected chi connectivity index (χ1v) is 10.2. The number of anilines is 3. The molecule has 2 aromatic heterocycles. The molecule has 0 aliphatic rings. The Labute approximate surface area is 165 Å². The van der Waals surface area contributed by atoms with E-state index >= 15 is 0 Å². The summed E-state index contributed by atoms with van der Waals surface area (Å²) in [4.78, 5) is 16.6. The van der Waals surface area contributed by atoms with E-state index in [9.17, 15) is 22.0 Å². The highest BCUT2D eigenvalue weighted by Crippen LogP contribution is 2.23. The van der Waals surface area contributed by atoms with Gasteiger partial charge in [0.05, 0.1) is 29.5 Å². The first-order chi connectivity index (χ1) is 13.7. The van der Waals surface area contributed by atoms with E-state index in [1.54, 1.807) is 20.0 Å². The average Bonchev–Trinajstić information content (AvgIpc) is 3.06. The molecule has 1 amide bonds. The van der Waals surface area contributed by atoms with E-state index in [0.29, 0.717) is 17.9 Å². The van der Waals surface area contributed by atoms with Crippen LogP contribution in [0, 0.1) is 11.6 Å². The minimum absolute atomic E-state index is 0.143. The number of carbonyl (C=O) groups excluding carboxylic acids is 1. The van der Waals surface area contributed by atoms with Crippen molar-refractivity contribution in [2.75, 3.05) is 28.2 Å². The Kier molecular flexibility index (Phi) is 5.64. The molecule has 9 nitrogen and oxygen atoms in total. The number of nitrogens with one attached hydrogen (secondary N) is 3. The quantitative estimate of drug-likeness (QED) is 0.536. The average molecular weight is 424 g/mol. The monoisotopic (exact) mass is 424 g/mol. The maximum absolute atomic E-state index is 14.7. The standard InChI is InChI=1S/C17H18F2N6O3S/c1-3-6-29(27,28)24-12-5-4-11(18)15(16(12)19)17(26)22-10-8-21-14-7-13(20-2)23-25(14)9-10/h4-5,7-9,24H,3,6H2,1-2H3,(H,20,23)(H,22,26). The zero-order valence-corrected chi connectivity index (χ0v) is 16.3. The van der Waals surface area contributed by atoms with Crippen molar-refractivity contribution in [1.82, 2.24) is 14.6 Å². The summed E-state index contributed by atoms with van der Waals surface area (Å²) in [6.07, 6.45) is 3.03. The van der Waals surface area contributed by atoms with Crippen molar-refractivity contribution in [2.24, 2.45) is 0 Å². The highest BCUT2D eigenvalue weighted by atomic mass is 32.2. The van der Waals surface area contributed by atoms with E-state index in [2.05, 4.69) is 20.7 Å².